The van der Waals surface area contributed by atoms with E-state index in [1.54, 1.807) is 7.11 Å². The summed E-state index contributed by atoms with van der Waals surface area (Å²) in [5, 5.41) is 3.44. The van der Waals surface area contributed by atoms with E-state index in [0.717, 1.165) is 28.3 Å². The highest BCUT2D eigenvalue weighted by Crippen LogP contribution is 2.27. The Kier molecular flexibility index (Phi) is 4.83. The van der Waals surface area contributed by atoms with Crippen LogP contribution in [0.5, 0.6) is 0 Å². The van der Waals surface area contributed by atoms with Crippen LogP contribution in [0, 0.1) is 20.8 Å². The van der Waals surface area contributed by atoms with Crippen molar-refractivity contribution in [3.05, 3.63) is 39.6 Å². The maximum Gasteiger partial charge on any atom is 0.207 e. The van der Waals surface area contributed by atoms with E-state index < -0.39 is 0 Å². The molecule has 1 heterocycles. The second kappa shape index (κ2) is 6.41. The van der Waals surface area contributed by atoms with Crippen molar-refractivity contribution in [2.75, 3.05) is 19.0 Å². The molecule has 2 aromatic rings. The summed E-state index contributed by atoms with van der Waals surface area (Å²) < 4.78 is 8.32. The minimum absolute atomic E-state index is 0.669. The van der Waals surface area contributed by atoms with Crippen molar-refractivity contribution in [3.8, 4) is 0 Å². The standard InChI is InChI=1S/C15H20BrN3O/c1-10-7-13(16)8-11(2)14(10)18-15-17-12(3)9-19(15)5-6-20-4/h7-9H,5-6H2,1-4H3,(H,17,18). The molecule has 0 aliphatic carbocycles. The molecule has 2 rings (SSSR count). The molecule has 0 radical (unpaired) electrons. The van der Waals surface area contributed by atoms with Gasteiger partial charge in [0.25, 0.3) is 0 Å². The molecule has 108 valence electrons. The first-order valence-electron chi connectivity index (χ1n) is 6.57. The molecule has 0 saturated carbocycles. The zero-order valence-corrected chi connectivity index (χ0v) is 13.9. The monoisotopic (exact) mass is 337 g/mol. The van der Waals surface area contributed by atoms with Crippen molar-refractivity contribution < 1.29 is 4.74 Å². The van der Waals surface area contributed by atoms with E-state index in [1.807, 2.05) is 13.1 Å². The number of methoxy groups -OCH3 is 1. The maximum absolute atomic E-state index is 5.14. The Labute approximate surface area is 128 Å². The molecule has 1 aromatic carbocycles. The Morgan fingerprint density at radius 2 is 1.90 bits per heavy atom. The predicted octanol–water partition coefficient (Wildman–Crippen LogP) is 3.96. The molecule has 0 aliphatic rings. The lowest BCUT2D eigenvalue weighted by Gasteiger charge is -2.14. The largest absolute Gasteiger partial charge is 0.383 e. The van der Waals surface area contributed by atoms with Crippen molar-refractivity contribution in [1.29, 1.82) is 0 Å². The number of nitrogens with zero attached hydrogens (tertiary/aromatic N) is 2. The average Bonchev–Trinajstić information content (AvgIpc) is 2.71. The zero-order valence-electron chi connectivity index (χ0n) is 12.3. The fraction of sp³-hybridized carbons (Fsp3) is 0.400. The number of anilines is 2. The summed E-state index contributed by atoms with van der Waals surface area (Å²) in [6.45, 7) is 7.64. The first-order chi connectivity index (χ1) is 9.51. The van der Waals surface area contributed by atoms with Crippen LogP contribution < -0.4 is 5.32 Å². The minimum Gasteiger partial charge on any atom is -0.383 e. The van der Waals surface area contributed by atoms with Crippen molar-refractivity contribution in [3.63, 3.8) is 0 Å². The fourth-order valence-electron chi connectivity index (χ4n) is 2.23. The number of benzene rings is 1. The highest BCUT2D eigenvalue weighted by atomic mass is 79.9. The number of rotatable bonds is 5. The van der Waals surface area contributed by atoms with E-state index in [2.05, 4.69) is 56.8 Å². The van der Waals surface area contributed by atoms with Crippen LogP contribution in [0.3, 0.4) is 0 Å². The molecule has 0 atom stereocenters. The predicted molar refractivity (Wildman–Crippen MR) is 85.7 cm³/mol. The lowest BCUT2D eigenvalue weighted by Crippen LogP contribution is -2.08. The van der Waals surface area contributed by atoms with Crippen molar-refractivity contribution in [2.24, 2.45) is 0 Å². The van der Waals surface area contributed by atoms with Gasteiger partial charge in [0.05, 0.1) is 12.3 Å². The molecule has 0 aliphatic heterocycles. The Balaban J connectivity index is 2.30. The van der Waals surface area contributed by atoms with E-state index in [1.165, 1.54) is 11.1 Å². The number of halogens is 1. The van der Waals surface area contributed by atoms with Gasteiger partial charge in [0.2, 0.25) is 5.95 Å². The molecule has 5 heteroatoms. The summed E-state index contributed by atoms with van der Waals surface area (Å²) in [5.74, 6) is 0.855. The highest BCUT2D eigenvalue weighted by molar-refractivity contribution is 9.10. The van der Waals surface area contributed by atoms with Crippen molar-refractivity contribution >= 4 is 27.6 Å². The Bertz CT molecular complexity index is 584. The van der Waals surface area contributed by atoms with E-state index >= 15 is 0 Å². The van der Waals surface area contributed by atoms with Crippen LogP contribution >= 0.6 is 15.9 Å². The summed E-state index contributed by atoms with van der Waals surface area (Å²) in [6, 6.07) is 4.20. The van der Waals surface area contributed by atoms with Gasteiger partial charge in [-0.05, 0) is 44.0 Å². The summed E-state index contributed by atoms with van der Waals surface area (Å²) in [7, 11) is 1.71. The fourth-order valence-corrected chi connectivity index (χ4v) is 2.91. The molecule has 0 fully saturated rings. The number of hydrogen-bond acceptors (Lipinski definition) is 3. The van der Waals surface area contributed by atoms with Gasteiger partial charge in [-0.3, -0.25) is 0 Å². The Morgan fingerprint density at radius 1 is 1.25 bits per heavy atom. The third-order valence-electron chi connectivity index (χ3n) is 3.17. The molecule has 0 spiro atoms. The van der Waals surface area contributed by atoms with E-state index in [0.29, 0.717) is 6.61 Å². The first-order valence-corrected chi connectivity index (χ1v) is 7.37. The second-order valence-electron chi connectivity index (χ2n) is 4.93. The van der Waals surface area contributed by atoms with Crippen LogP contribution in [0.1, 0.15) is 16.8 Å². The summed E-state index contributed by atoms with van der Waals surface area (Å²) in [4.78, 5) is 4.55. The van der Waals surface area contributed by atoms with Gasteiger partial charge >= 0.3 is 0 Å². The Morgan fingerprint density at radius 3 is 2.50 bits per heavy atom. The minimum atomic E-state index is 0.669. The summed E-state index contributed by atoms with van der Waals surface area (Å²) in [5.41, 5.74) is 4.49. The molecular formula is C15H20BrN3O. The van der Waals surface area contributed by atoms with Crippen molar-refractivity contribution in [1.82, 2.24) is 9.55 Å². The third-order valence-corrected chi connectivity index (χ3v) is 3.63. The molecule has 20 heavy (non-hydrogen) atoms. The molecule has 1 aromatic heterocycles. The number of aromatic nitrogens is 2. The molecule has 0 bridgehead atoms. The molecule has 4 nitrogen and oxygen atoms in total. The topological polar surface area (TPSA) is 39.1 Å². The zero-order chi connectivity index (χ0) is 14.7. The third kappa shape index (κ3) is 3.41. The van der Waals surface area contributed by atoms with E-state index in [9.17, 15) is 0 Å². The van der Waals surface area contributed by atoms with Gasteiger partial charge in [0.1, 0.15) is 0 Å². The van der Waals surface area contributed by atoms with Crippen molar-refractivity contribution in [2.45, 2.75) is 27.3 Å². The molecular weight excluding hydrogens is 318 g/mol. The van der Waals surface area contributed by atoms with Gasteiger partial charge in [-0.1, -0.05) is 15.9 Å². The van der Waals surface area contributed by atoms with Gasteiger partial charge in [0.15, 0.2) is 0 Å². The van der Waals surface area contributed by atoms with Crippen LogP contribution in [0.25, 0.3) is 0 Å². The maximum atomic E-state index is 5.14. The molecule has 0 unspecified atom stereocenters. The number of aryl methyl sites for hydroxylation is 3. The Hall–Kier alpha value is -1.33. The number of imidazole rings is 1. The number of hydrogen-bond donors (Lipinski definition) is 1. The van der Waals surface area contributed by atoms with E-state index in [-0.39, 0.29) is 0 Å². The van der Waals surface area contributed by atoms with Gasteiger partial charge in [-0.25, -0.2) is 4.98 Å². The number of nitrogens with one attached hydrogen (secondary N) is 1. The van der Waals surface area contributed by atoms with Crippen LogP contribution in [-0.2, 0) is 11.3 Å². The molecule has 0 amide bonds. The lowest BCUT2D eigenvalue weighted by molar-refractivity contribution is 0.188. The molecule has 1 N–H and O–H groups in total. The van der Waals surface area contributed by atoms with Gasteiger partial charge in [-0.15, -0.1) is 0 Å². The van der Waals surface area contributed by atoms with Crippen LogP contribution in [0.15, 0.2) is 22.8 Å². The number of ether oxygens (including phenoxy) is 1. The van der Waals surface area contributed by atoms with Crippen LogP contribution in [-0.4, -0.2) is 23.3 Å². The quantitative estimate of drug-likeness (QED) is 0.897. The van der Waals surface area contributed by atoms with Gasteiger partial charge in [0, 0.05) is 30.0 Å². The second-order valence-corrected chi connectivity index (χ2v) is 5.85. The normalized spacial score (nSPS) is 10.8. The van der Waals surface area contributed by atoms with Gasteiger partial charge < -0.3 is 14.6 Å². The molecule has 0 saturated heterocycles. The van der Waals surface area contributed by atoms with Crippen LogP contribution in [0.2, 0.25) is 0 Å². The lowest BCUT2D eigenvalue weighted by atomic mass is 10.1. The average molecular weight is 338 g/mol. The smallest absolute Gasteiger partial charge is 0.207 e. The first kappa shape index (κ1) is 15.1. The summed E-state index contributed by atoms with van der Waals surface area (Å²) in [6.07, 6.45) is 2.03. The van der Waals surface area contributed by atoms with Gasteiger partial charge in [-0.2, -0.15) is 0 Å². The summed E-state index contributed by atoms with van der Waals surface area (Å²) >= 11 is 3.52. The SMILES string of the molecule is COCCn1cc(C)nc1Nc1c(C)cc(Br)cc1C. The highest BCUT2D eigenvalue weighted by Gasteiger charge is 2.10. The van der Waals surface area contributed by atoms with Crippen LogP contribution in [0.4, 0.5) is 11.6 Å². The van der Waals surface area contributed by atoms with E-state index in [4.69, 9.17) is 4.74 Å².